The lowest BCUT2D eigenvalue weighted by Crippen LogP contribution is -2.17. The van der Waals surface area contributed by atoms with Crippen LogP contribution in [0.3, 0.4) is 0 Å². The average Bonchev–Trinajstić information content (AvgIpc) is 2.48. The molecule has 0 fully saturated rings. The van der Waals surface area contributed by atoms with Gasteiger partial charge >= 0.3 is 0 Å². The predicted octanol–water partition coefficient (Wildman–Crippen LogP) is 3.45. The van der Waals surface area contributed by atoms with Gasteiger partial charge < -0.3 is 10.6 Å². The molecule has 0 aliphatic heterocycles. The van der Waals surface area contributed by atoms with E-state index in [9.17, 15) is 0 Å². The summed E-state index contributed by atoms with van der Waals surface area (Å²) in [6.45, 7) is 0.773. The maximum absolute atomic E-state index is 5.71. The minimum Gasteiger partial charge on any atom is -0.399 e. The molecule has 0 amide bonds. The number of fused-ring (bicyclic) bond motifs is 1. The normalized spacial score (nSPS) is 10.7. The Morgan fingerprint density at radius 1 is 0.950 bits per heavy atom. The van der Waals surface area contributed by atoms with Crippen molar-refractivity contribution in [3.8, 4) is 0 Å². The number of anilines is 2. The van der Waals surface area contributed by atoms with Gasteiger partial charge in [0.05, 0.1) is 17.8 Å². The van der Waals surface area contributed by atoms with Crippen molar-refractivity contribution in [3.05, 3.63) is 66.4 Å². The first-order valence-electron chi connectivity index (χ1n) is 6.64. The third-order valence-electron chi connectivity index (χ3n) is 3.39. The van der Waals surface area contributed by atoms with Crippen molar-refractivity contribution in [3.63, 3.8) is 0 Å². The van der Waals surface area contributed by atoms with E-state index in [2.05, 4.69) is 30.1 Å². The second-order valence-corrected chi connectivity index (χ2v) is 4.94. The smallest absolute Gasteiger partial charge is 0.0706 e. The van der Waals surface area contributed by atoms with Gasteiger partial charge in [-0.2, -0.15) is 0 Å². The zero-order valence-corrected chi connectivity index (χ0v) is 11.5. The summed E-state index contributed by atoms with van der Waals surface area (Å²) in [6, 6.07) is 20.3. The summed E-state index contributed by atoms with van der Waals surface area (Å²) in [7, 11) is 2.06. The maximum Gasteiger partial charge on any atom is 0.0706 e. The van der Waals surface area contributed by atoms with E-state index in [1.807, 2.05) is 42.5 Å². The number of nitrogen functional groups attached to an aromatic ring is 1. The van der Waals surface area contributed by atoms with Crippen LogP contribution in [0.25, 0.3) is 10.9 Å². The molecule has 100 valence electrons. The predicted molar refractivity (Wildman–Crippen MR) is 84.7 cm³/mol. The number of hydrogen-bond acceptors (Lipinski definition) is 3. The van der Waals surface area contributed by atoms with Gasteiger partial charge in [0.25, 0.3) is 0 Å². The minimum atomic E-state index is 0.773. The Bertz CT molecular complexity index is 720. The molecule has 0 saturated carbocycles. The summed E-state index contributed by atoms with van der Waals surface area (Å²) in [5.41, 5.74) is 9.72. The zero-order valence-electron chi connectivity index (χ0n) is 11.5. The highest BCUT2D eigenvalue weighted by Crippen LogP contribution is 2.18. The quantitative estimate of drug-likeness (QED) is 0.736. The van der Waals surface area contributed by atoms with Crippen LogP contribution in [0.2, 0.25) is 0 Å². The molecule has 1 aromatic heterocycles. The van der Waals surface area contributed by atoms with E-state index >= 15 is 0 Å². The number of para-hydroxylation sites is 1. The van der Waals surface area contributed by atoms with Crippen LogP contribution >= 0.6 is 0 Å². The highest BCUT2D eigenvalue weighted by molar-refractivity contribution is 5.78. The molecule has 0 aliphatic rings. The van der Waals surface area contributed by atoms with Gasteiger partial charge in [0.2, 0.25) is 0 Å². The van der Waals surface area contributed by atoms with Gasteiger partial charge in [0.1, 0.15) is 0 Å². The third kappa shape index (κ3) is 2.57. The van der Waals surface area contributed by atoms with Gasteiger partial charge in [-0.1, -0.05) is 24.3 Å². The number of hydrogen-bond donors (Lipinski definition) is 1. The molecule has 0 unspecified atom stereocenters. The Morgan fingerprint density at radius 3 is 2.50 bits per heavy atom. The molecule has 3 rings (SSSR count). The summed E-state index contributed by atoms with van der Waals surface area (Å²) in [5, 5.41) is 1.17. The molecule has 0 aliphatic carbocycles. The zero-order chi connectivity index (χ0) is 13.9. The fourth-order valence-corrected chi connectivity index (χ4v) is 2.26. The van der Waals surface area contributed by atoms with E-state index in [0.717, 1.165) is 29.1 Å². The van der Waals surface area contributed by atoms with Crippen molar-refractivity contribution in [1.29, 1.82) is 0 Å². The Morgan fingerprint density at radius 2 is 1.70 bits per heavy atom. The van der Waals surface area contributed by atoms with Crippen LogP contribution in [0.4, 0.5) is 11.4 Å². The Kier molecular flexibility index (Phi) is 3.25. The van der Waals surface area contributed by atoms with Crippen molar-refractivity contribution in [2.24, 2.45) is 0 Å². The molecule has 0 atom stereocenters. The Hall–Kier alpha value is -2.55. The van der Waals surface area contributed by atoms with E-state index in [1.54, 1.807) is 0 Å². The van der Waals surface area contributed by atoms with Gasteiger partial charge in [0, 0.05) is 23.8 Å². The topological polar surface area (TPSA) is 42.2 Å². The van der Waals surface area contributed by atoms with Crippen molar-refractivity contribution in [1.82, 2.24) is 4.98 Å². The summed E-state index contributed by atoms with van der Waals surface area (Å²) >= 11 is 0. The van der Waals surface area contributed by atoms with E-state index in [0.29, 0.717) is 0 Å². The fraction of sp³-hybridized carbons (Fsp3) is 0.118. The summed E-state index contributed by atoms with van der Waals surface area (Å²) in [5.74, 6) is 0. The lowest BCUT2D eigenvalue weighted by molar-refractivity contribution is 0.892. The van der Waals surface area contributed by atoms with Crippen molar-refractivity contribution >= 4 is 22.3 Å². The average molecular weight is 263 g/mol. The number of nitrogens with zero attached hydrogens (tertiary/aromatic N) is 2. The Balaban J connectivity index is 1.83. The van der Waals surface area contributed by atoms with Crippen molar-refractivity contribution < 1.29 is 0 Å². The van der Waals surface area contributed by atoms with Crippen LogP contribution in [0.15, 0.2) is 60.7 Å². The number of pyridine rings is 1. The summed E-state index contributed by atoms with van der Waals surface area (Å²) < 4.78 is 0. The van der Waals surface area contributed by atoms with Gasteiger partial charge in [-0.3, -0.25) is 4.98 Å². The van der Waals surface area contributed by atoms with Crippen molar-refractivity contribution in [2.45, 2.75) is 6.54 Å². The highest BCUT2D eigenvalue weighted by atomic mass is 15.1. The number of benzene rings is 2. The number of rotatable bonds is 3. The first-order valence-corrected chi connectivity index (χ1v) is 6.64. The molecular formula is C17H17N3. The van der Waals surface area contributed by atoms with Crippen LogP contribution in [-0.2, 0) is 6.54 Å². The van der Waals surface area contributed by atoms with Crippen LogP contribution < -0.4 is 10.6 Å². The first kappa shape index (κ1) is 12.5. The Labute approximate surface area is 118 Å². The molecule has 1 heterocycles. The molecule has 2 N–H and O–H groups in total. The van der Waals surface area contributed by atoms with Crippen LogP contribution in [0.1, 0.15) is 5.69 Å². The lowest BCUT2D eigenvalue weighted by Gasteiger charge is -2.19. The molecule has 3 aromatic rings. The van der Waals surface area contributed by atoms with Gasteiger partial charge in [-0.15, -0.1) is 0 Å². The van der Waals surface area contributed by atoms with E-state index < -0.39 is 0 Å². The molecule has 3 heteroatoms. The standard InChI is InChI=1S/C17H17N3/c1-20(16-10-7-14(18)8-11-16)12-15-9-6-13-4-2-3-5-17(13)19-15/h2-11H,12,18H2,1H3. The minimum absolute atomic E-state index is 0.773. The van der Waals surface area contributed by atoms with Crippen LogP contribution in [0, 0.1) is 0 Å². The highest BCUT2D eigenvalue weighted by Gasteiger charge is 2.04. The molecular weight excluding hydrogens is 246 g/mol. The maximum atomic E-state index is 5.71. The fourth-order valence-electron chi connectivity index (χ4n) is 2.26. The summed E-state index contributed by atoms with van der Waals surface area (Å²) in [4.78, 5) is 6.86. The van der Waals surface area contributed by atoms with Crippen LogP contribution in [-0.4, -0.2) is 12.0 Å². The molecule has 3 nitrogen and oxygen atoms in total. The number of nitrogens with two attached hydrogens (primary N) is 1. The molecule has 0 radical (unpaired) electrons. The molecule has 0 bridgehead atoms. The summed E-state index contributed by atoms with van der Waals surface area (Å²) in [6.07, 6.45) is 0. The van der Waals surface area contributed by atoms with Gasteiger partial charge in [-0.05, 0) is 36.4 Å². The van der Waals surface area contributed by atoms with Crippen molar-refractivity contribution in [2.75, 3.05) is 17.7 Å². The molecule has 0 spiro atoms. The number of aromatic nitrogens is 1. The first-order chi connectivity index (χ1) is 9.72. The van der Waals surface area contributed by atoms with Crippen LogP contribution in [0.5, 0.6) is 0 Å². The second-order valence-electron chi connectivity index (χ2n) is 4.94. The monoisotopic (exact) mass is 263 g/mol. The van der Waals surface area contributed by atoms with E-state index in [-0.39, 0.29) is 0 Å². The van der Waals surface area contributed by atoms with Gasteiger partial charge in [0.15, 0.2) is 0 Å². The second kappa shape index (κ2) is 5.21. The largest absolute Gasteiger partial charge is 0.399 e. The SMILES string of the molecule is CN(Cc1ccc2ccccc2n1)c1ccc(N)cc1. The molecule has 2 aromatic carbocycles. The lowest BCUT2D eigenvalue weighted by atomic mass is 10.2. The third-order valence-corrected chi connectivity index (χ3v) is 3.39. The van der Waals surface area contributed by atoms with E-state index in [4.69, 9.17) is 10.7 Å². The van der Waals surface area contributed by atoms with Gasteiger partial charge in [-0.25, -0.2) is 0 Å². The molecule has 20 heavy (non-hydrogen) atoms. The van der Waals surface area contributed by atoms with E-state index in [1.165, 1.54) is 5.39 Å². The molecule has 0 saturated heterocycles.